The number of hydrogen-bond donors (Lipinski definition) is 1. The molecule has 5 heteroatoms. The van der Waals surface area contributed by atoms with E-state index in [1.807, 2.05) is 55.5 Å². The molecule has 0 amide bonds. The predicted octanol–water partition coefficient (Wildman–Crippen LogP) is 6.25. The maximum absolute atomic E-state index is 13.1. The van der Waals surface area contributed by atoms with E-state index in [4.69, 9.17) is 4.74 Å². The molecule has 0 bridgehead atoms. The third-order valence-electron chi connectivity index (χ3n) is 4.12. The molecule has 0 aliphatic carbocycles. The Morgan fingerprint density at radius 3 is 2.44 bits per heavy atom. The van der Waals surface area contributed by atoms with Gasteiger partial charge in [0.25, 0.3) is 0 Å². The van der Waals surface area contributed by atoms with E-state index in [1.165, 1.54) is 36.0 Å². The number of nitrogens with one attached hydrogen (secondary N) is 1. The number of ketones is 1. The van der Waals surface area contributed by atoms with Gasteiger partial charge in [0.2, 0.25) is 5.78 Å². The lowest BCUT2D eigenvalue weighted by Gasteiger charge is -2.22. The SMILES string of the molecule is CC1=C(C(=O)c2ccc(F)cc2)Sc2cc(Oc3ccccc3)ccc2N1. The molecule has 4 rings (SSSR count). The van der Waals surface area contributed by atoms with Gasteiger partial charge < -0.3 is 10.1 Å². The van der Waals surface area contributed by atoms with Crippen LogP contribution < -0.4 is 10.1 Å². The monoisotopic (exact) mass is 377 g/mol. The van der Waals surface area contributed by atoms with Crippen LogP contribution in [0.3, 0.4) is 0 Å². The number of allylic oxidation sites excluding steroid dienone is 2. The van der Waals surface area contributed by atoms with Crippen LogP contribution in [-0.2, 0) is 0 Å². The van der Waals surface area contributed by atoms with E-state index in [2.05, 4.69) is 5.32 Å². The summed E-state index contributed by atoms with van der Waals surface area (Å²) < 4.78 is 19.0. The average Bonchev–Trinajstić information content (AvgIpc) is 2.68. The standard InChI is InChI=1S/C22H16FNO2S/c1-14-22(21(25)15-7-9-16(23)10-8-15)27-20-13-18(11-12-19(20)24-14)26-17-5-3-2-4-6-17/h2-13,24H,1H3. The molecule has 3 aromatic carbocycles. The van der Waals surface area contributed by atoms with Crippen molar-refractivity contribution in [3.8, 4) is 11.5 Å². The molecule has 0 fully saturated rings. The number of halogens is 1. The van der Waals surface area contributed by atoms with Crippen molar-refractivity contribution in [3.05, 3.63) is 94.8 Å². The Balaban J connectivity index is 1.59. The van der Waals surface area contributed by atoms with Crippen molar-refractivity contribution in [2.45, 2.75) is 11.8 Å². The number of benzene rings is 3. The van der Waals surface area contributed by atoms with E-state index in [9.17, 15) is 9.18 Å². The van der Waals surface area contributed by atoms with Gasteiger partial charge in [-0.05, 0) is 61.5 Å². The lowest BCUT2D eigenvalue weighted by molar-refractivity contribution is 0.104. The van der Waals surface area contributed by atoms with E-state index in [-0.39, 0.29) is 11.6 Å². The second-order valence-corrected chi connectivity index (χ2v) is 7.14. The van der Waals surface area contributed by atoms with Gasteiger partial charge in [0.15, 0.2) is 0 Å². The Bertz CT molecular complexity index is 1030. The van der Waals surface area contributed by atoms with Crippen molar-refractivity contribution in [2.75, 3.05) is 5.32 Å². The number of ether oxygens (including phenoxy) is 1. The third-order valence-corrected chi connectivity index (χ3v) is 5.37. The minimum Gasteiger partial charge on any atom is -0.457 e. The first-order valence-corrected chi connectivity index (χ1v) is 9.25. The minimum absolute atomic E-state index is 0.134. The van der Waals surface area contributed by atoms with Crippen LogP contribution in [0.15, 0.2) is 88.3 Å². The third kappa shape index (κ3) is 3.73. The fraction of sp³-hybridized carbons (Fsp3) is 0.0455. The number of para-hydroxylation sites is 1. The molecule has 1 aliphatic heterocycles. The maximum atomic E-state index is 13.1. The van der Waals surface area contributed by atoms with Crippen LogP contribution in [0.5, 0.6) is 11.5 Å². The first-order valence-electron chi connectivity index (χ1n) is 8.43. The van der Waals surface area contributed by atoms with Crippen molar-refractivity contribution in [1.82, 2.24) is 0 Å². The fourth-order valence-corrected chi connectivity index (χ4v) is 3.81. The zero-order valence-electron chi connectivity index (χ0n) is 14.5. The number of anilines is 1. The molecule has 0 saturated carbocycles. The summed E-state index contributed by atoms with van der Waals surface area (Å²) in [4.78, 5) is 14.3. The molecule has 0 radical (unpaired) electrons. The molecule has 134 valence electrons. The summed E-state index contributed by atoms with van der Waals surface area (Å²) in [5.74, 6) is 0.952. The Hall–Kier alpha value is -3.05. The van der Waals surface area contributed by atoms with Gasteiger partial charge in [-0.25, -0.2) is 4.39 Å². The Labute approximate surface area is 160 Å². The topological polar surface area (TPSA) is 38.3 Å². The summed E-state index contributed by atoms with van der Waals surface area (Å²) in [5, 5.41) is 3.27. The van der Waals surface area contributed by atoms with Crippen LogP contribution in [0, 0.1) is 5.82 Å². The predicted molar refractivity (Wildman–Crippen MR) is 106 cm³/mol. The first kappa shape index (κ1) is 17.4. The Morgan fingerprint density at radius 1 is 0.963 bits per heavy atom. The minimum atomic E-state index is -0.361. The molecule has 1 N–H and O–H groups in total. The molecular weight excluding hydrogens is 361 g/mol. The lowest BCUT2D eigenvalue weighted by Crippen LogP contribution is -2.12. The first-order chi connectivity index (χ1) is 13.1. The lowest BCUT2D eigenvalue weighted by atomic mass is 10.1. The van der Waals surface area contributed by atoms with Gasteiger partial charge in [0, 0.05) is 16.2 Å². The molecule has 27 heavy (non-hydrogen) atoms. The summed E-state index contributed by atoms with van der Waals surface area (Å²) in [6.07, 6.45) is 0. The highest BCUT2D eigenvalue weighted by Gasteiger charge is 2.23. The largest absolute Gasteiger partial charge is 0.457 e. The number of rotatable bonds is 4. The van der Waals surface area contributed by atoms with Crippen molar-refractivity contribution >= 4 is 23.2 Å². The molecule has 1 heterocycles. The van der Waals surface area contributed by atoms with E-state index in [0.717, 1.165) is 22.0 Å². The summed E-state index contributed by atoms with van der Waals surface area (Å²) in [5.41, 5.74) is 2.16. The van der Waals surface area contributed by atoms with E-state index < -0.39 is 0 Å². The van der Waals surface area contributed by atoms with Crippen molar-refractivity contribution in [1.29, 1.82) is 0 Å². The molecule has 3 aromatic rings. The summed E-state index contributed by atoms with van der Waals surface area (Å²) in [6.45, 7) is 1.86. The van der Waals surface area contributed by atoms with Crippen molar-refractivity contribution in [2.24, 2.45) is 0 Å². The van der Waals surface area contributed by atoms with Crippen LogP contribution in [0.1, 0.15) is 17.3 Å². The zero-order chi connectivity index (χ0) is 18.8. The summed E-state index contributed by atoms with van der Waals surface area (Å²) in [6, 6.07) is 20.9. The van der Waals surface area contributed by atoms with Gasteiger partial charge in [-0.2, -0.15) is 0 Å². The number of carbonyl (C=O) groups is 1. The molecule has 0 saturated heterocycles. The quantitative estimate of drug-likeness (QED) is 0.545. The van der Waals surface area contributed by atoms with Crippen LogP contribution in [0.4, 0.5) is 10.1 Å². The number of hydrogen-bond acceptors (Lipinski definition) is 4. The molecule has 0 atom stereocenters. The summed E-state index contributed by atoms with van der Waals surface area (Å²) in [7, 11) is 0. The van der Waals surface area contributed by atoms with Crippen LogP contribution in [-0.4, -0.2) is 5.78 Å². The van der Waals surface area contributed by atoms with Gasteiger partial charge in [-0.15, -0.1) is 0 Å². The fourth-order valence-electron chi connectivity index (χ4n) is 2.77. The number of Topliss-reactive ketones (excluding diaryl/α,β-unsaturated/α-hetero) is 1. The zero-order valence-corrected chi connectivity index (χ0v) is 15.3. The van der Waals surface area contributed by atoms with Gasteiger partial charge >= 0.3 is 0 Å². The molecule has 0 spiro atoms. The highest BCUT2D eigenvalue weighted by atomic mass is 32.2. The Morgan fingerprint density at radius 2 is 1.70 bits per heavy atom. The number of thioether (sulfide) groups is 1. The number of fused-ring (bicyclic) bond motifs is 1. The van der Waals surface area contributed by atoms with Crippen LogP contribution >= 0.6 is 11.8 Å². The highest BCUT2D eigenvalue weighted by molar-refractivity contribution is 8.04. The van der Waals surface area contributed by atoms with Gasteiger partial charge in [-0.3, -0.25) is 4.79 Å². The molecule has 0 aromatic heterocycles. The molecular formula is C22H16FNO2S. The van der Waals surface area contributed by atoms with Crippen molar-refractivity contribution < 1.29 is 13.9 Å². The second kappa shape index (κ2) is 7.29. The summed E-state index contributed by atoms with van der Waals surface area (Å²) >= 11 is 1.39. The smallest absolute Gasteiger partial charge is 0.201 e. The average molecular weight is 377 g/mol. The maximum Gasteiger partial charge on any atom is 0.201 e. The highest BCUT2D eigenvalue weighted by Crippen LogP contribution is 2.43. The van der Waals surface area contributed by atoms with E-state index in [1.54, 1.807) is 0 Å². The molecule has 0 unspecified atom stereocenters. The van der Waals surface area contributed by atoms with Gasteiger partial charge in [0.05, 0.1) is 10.6 Å². The Kier molecular flexibility index (Phi) is 4.69. The van der Waals surface area contributed by atoms with Gasteiger partial charge in [-0.1, -0.05) is 30.0 Å². The van der Waals surface area contributed by atoms with Crippen molar-refractivity contribution in [3.63, 3.8) is 0 Å². The number of carbonyl (C=O) groups excluding carboxylic acids is 1. The van der Waals surface area contributed by atoms with E-state index in [0.29, 0.717) is 16.2 Å². The van der Waals surface area contributed by atoms with E-state index >= 15 is 0 Å². The second-order valence-electron chi connectivity index (χ2n) is 6.09. The van der Waals surface area contributed by atoms with Crippen LogP contribution in [0.2, 0.25) is 0 Å². The van der Waals surface area contributed by atoms with Gasteiger partial charge in [0.1, 0.15) is 17.3 Å². The molecule has 3 nitrogen and oxygen atoms in total. The normalized spacial score (nSPS) is 13.0. The molecule has 1 aliphatic rings. The van der Waals surface area contributed by atoms with Crippen LogP contribution in [0.25, 0.3) is 0 Å².